The fraction of sp³-hybridized carbons (Fsp3) is 0.167. The summed E-state index contributed by atoms with van der Waals surface area (Å²) in [6.07, 6.45) is 3.64. The van der Waals surface area contributed by atoms with E-state index in [4.69, 9.17) is 0 Å². The minimum atomic E-state index is -0.204. The van der Waals surface area contributed by atoms with Gasteiger partial charge < -0.3 is 10.6 Å². The fourth-order valence-corrected chi connectivity index (χ4v) is 3.79. The molecule has 33 heavy (non-hydrogen) atoms. The van der Waals surface area contributed by atoms with Crippen molar-refractivity contribution in [3.63, 3.8) is 0 Å². The van der Waals surface area contributed by atoms with E-state index in [1.54, 1.807) is 21.5 Å². The van der Waals surface area contributed by atoms with Crippen LogP contribution in [-0.2, 0) is 22.7 Å². The normalized spacial score (nSPS) is 10.7. The molecule has 0 fully saturated rings. The summed E-state index contributed by atoms with van der Waals surface area (Å²) in [6.45, 7) is 1.26. The number of aromatic nitrogens is 4. The molecular weight excluding hydrogens is 436 g/mol. The number of anilines is 2. The third-order valence-electron chi connectivity index (χ3n) is 4.66. The molecule has 0 saturated heterocycles. The average Bonchev–Trinajstić information content (AvgIpc) is 3.44. The van der Waals surface area contributed by atoms with Gasteiger partial charge in [-0.1, -0.05) is 60.7 Å². The van der Waals surface area contributed by atoms with Crippen molar-refractivity contribution >= 4 is 35.2 Å². The van der Waals surface area contributed by atoms with Crippen LogP contribution in [0.3, 0.4) is 0 Å². The Morgan fingerprint density at radius 2 is 1.09 bits per heavy atom. The first-order valence-corrected chi connectivity index (χ1v) is 11.6. The summed E-state index contributed by atoms with van der Waals surface area (Å²) >= 11 is 1.23. The number of carbonyl (C=O) groups excluding carboxylic acids is 2. The van der Waals surface area contributed by atoms with E-state index in [2.05, 4.69) is 20.8 Å². The van der Waals surface area contributed by atoms with Crippen LogP contribution in [0.2, 0.25) is 0 Å². The number of hydrogen-bond donors (Lipinski definition) is 2. The standard InChI is InChI=1S/C24H24N6O2S/c31-23(25-21-11-13-29(27-21)15-19-7-3-1-4-8-19)17-33-18-24(32)26-22-12-14-30(28-22)16-20-9-5-2-6-10-20/h1-14H,15-18H2,(H,25,27,31)(H,26,28,32). The molecule has 9 heteroatoms. The van der Waals surface area contributed by atoms with Crippen LogP contribution >= 0.6 is 11.8 Å². The van der Waals surface area contributed by atoms with Crippen LogP contribution in [-0.4, -0.2) is 42.9 Å². The van der Waals surface area contributed by atoms with Crippen LogP contribution in [0.1, 0.15) is 11.1 Å². The molecule has 0 radical (unpaired) electrons. The number of nitrogens with zero attached hydrogens (tertiary/aromatic N) is 4. The molecule has 0 spiro atoms. The monoisotopic (exact) mass is 460 g/mol. The minimum absolute atomic E-state index is 0.154. The van der Waals surface area contributed by atoms with Gasteiger partial charge in [0, 0.05) is 24.5 Å². The number of thioether (sulfide) groups is 1. The lowest BCUT2D eigenvalue weighted by Crippen LogP contribution is -2.19. The van der Waals surface area contributed by atoms with Crippen molar-refractivity contribution in [2.75, 3.05) is 22.1 Å². The molecule has 2 heterocycles. The highest BCUT2D eigenvalue weighted by Crippen LogP contribution is 2.10. The zero-order valence-electron chi connectivity index (χ0n) is 17.9. The lowest BCUT2D eigenvalue weighted by atomic mass is 10.2. The maximum Gasteiger partial charge on any atom is 0.235 e. The molecule has 4 rings (SSSR count). The second-order valence-electron chi connectivity index (χ2n) is 7.36. The summed E-state index contributed by atoms with van der Waals surface area (Å²) in [7, 11) is 0. The Balaban J connectivity index is 1.16. The number of rotatable bonds is 10. The number of carbonyl (C=O) groups is 2. The molecule has 0 aliphatic carbocycles. The van der Waals surface area contributed by atoms with E-state index in [0.29, 0.717) is 24.7 Å². The van der Waals surface area contributed by atoms with Gasteiger partial charge in [-0.2, -0.15) is 10.2 Å². The Morgan fingerprint density at radius 3 is 1.52 bits per heavy atom. The first-order chi connectivity index (χ1) is 16.1. The first kappa shape index (κ1) is 22.3. The van der Waals surface area contributed by atoms with Gasteiger partial charge in [0.15, 0.2) is 11.6 Å². The van der Waals surface area contributed by atoms with Crippen molar-refractivity contribution in [1.29, 1.82) is 0 Å². The van der Waals surface area contributed by atoms with Crippen molar-refractivity contribution in [3.8, 4) is 0 Å². The zero-order chi connectivity index (χ0) is 22.9. The Kier molecular flexibility index (Phi) is 7.55. The van der Waals surface area contributed by atoms with Crippen molar-refractivity contribution in [2.24, 2.45) is 0 Å². The molecule has 168 valence electrons. The molecule has 0 aliphatic heterocycles. The van der Waals surface area contributed by atoms with E-state index < -0.39 is 0 Å². The number of nitrogens with one attached hydrogen (secondary N) is 2. The van der Waals surface area contributed by atoms with Crippen LogP contribution in [0.15, 0.2) is 85.2 Å². The van der Waals surface area contributed by atoms with Crippen molar-refractivity contribution in [2.45, 2.75) is 13.1 Å². The molecule has 0 aliphatic rings. The van der Waals surface area contributed by atoms with E-state index in [9.17, 15) is 9.59 Å². The summed E-state index contributed by atoms with van der Waals surface area (Å²) in [5.41, 5.74) is 2.26. The van der Waals surface area contributed by atoms with E-state index in [0.717, 1.165) is 11.1 Å². The molecule has 0 bridgehead atoms. The van der Waals surface area contributed by atoms with Crippen LogP contribution in [0.4, 0.5) is 11.6 Å². The summed E-state index contributed by atoms with van der Waals surface area (Å²) < 4.78 is 3.53. The summed E-state index contributed by atoms with van der Waals surface area (Å²) in [5.74, 6) is 0.882. The Bertz CT molecular complexity index is 1100. The minimum Gasteiger partial charge on any atom is -0.308 e. The summed E-state index contributed by atoms with van der Waals surface area (Å²) in [5, 5.41) is 14.2. The van der Waals surface area contributed by atoms with E-state index in [-0.39, 0.29) is 23.3 Å². The molecule has 2 amide bonds. The van der Waals surface area contributed by atoms with Crippen molar-refractivity contribution < 1.29 is 9.59 Å². The third-order valence-corrected chi connectivity index (χ3v) is 5.59. The van der Waals surface area contributed by atoms with Crippen LogP contribution < -0.4 is 10.6 Å². The highest BCUT2D eigenvalue weighted by Gasteiger charge is 2.09. The Labute approximate surface area is 196 Å². The number of amides is 2. The fourth-order valence-electron chi connectivity index (χ4n) is 3.17. The largest absolute Gasteiger partial charge is 0.308 e. The molecule has 0 atom stereocenters. The predicted molar refractivity (Wildman–Crippen MR) is 130 cm³/mol. The molecule has 0 saturated carbocycles. The molecule has 4 aromatic rings. The van der Waals surface area contributed by atoms with Crippen LogP contribution in [0, 0.1) is 0 Å². The van der Waals surface area contributed by atoms with Gasteiger partial charge in [0.05, 0.1) is 24.6 Å². The average molecular weight is 461 g/mol. The topological polar surface area (TPSA) is 93.8 Å². The number of hydrogen-bond acceptors (Lipinski definition) is 5. The van der Waals surface area contributed by atoms with Crippen LogP contribution in [0.25, 0.3) is 0 Å². The van der Waals surface area contributed by atoms with Gasteiger partial charge in [0.2, 0.25) is 11.8 Å². The second kappa shape index (κ2) is 11.1. The summed E-state index contributed by atoms with van der Waals surface area (Å²) in [4.78, 5) is 24.3. The second-order valence-corrected chi connectivity index (χ2v) is 8.34. The van der Waals surface area contributed by atoms with Gasteiger partial charge >= 0.3 is 0 Å². The number of benzene rings is 2. The molecule has 2 aromatic heterocycles. The molecule has 2 aromatic carbocycles. The van der Waals surface area contributed by atoms with Gasteiger partial charge in [0.1, 0.15) is 0 Å². The molecule has 2 N–H and O–H groups in total. The Hall–Kier alpha value is -3.85. The molecule has 0 unspecified atom stereocenters. The zero-order valence-corrected chi connectivity index (χ0v) is 18.7. The predicted octanol–water partition coefficient (Wildman–Crippen LogP) is 3.49. The smallest absolute Gasteiger partial charge is 0.235 e. The molecule has 8 nitrogen and oxygen atoms in total. The Morgan fingerprint density at radius 1 is 0.667 bits per heavy atom. The van der Waals surface area contributed by atoms with E-state index in [1.165, 1.54) is 11.8 Å². The van der Waals surface area contributed by atoms with Gasteiger partial charge in [0.25, 0.3) is 0 Å². The highest BCUT2D eigenvalue weighted by molar-refractivity contribution is 8.00. The maximum absolute atomic E-state index is 12.2. The maximum atomic E-state index is 12.2. The van der Waals surface area contributed by atoms with Gasteiger partial charge in [-0.15, -0.1) is 11.8 Å². The quantitative estimate of drug-likeness (QED) is 0.378. The highest BCUT2D eigenvalue weighted by atomic mass is 32.2. The summed E-state index contributed by atoms with van der Waals surface area (Å²) in [6, 6.07) is 23.4. The van der Waals surface area contributed by atoms with Gasteiger partial charge in [-0.25, -0.2) is 0 Å². The third kappa shape index (κ3) is 7.08. The lowest BCUT2D eigenvalue weighted by molar-refractivity contribution is -0.114. The first-order valence-electron chi connectivity index (χ1n) is 10.5. The van der Waals surface area contributed by atoms with Gasteiger partial charge in [-0.05, 0) is 11.1 Å². The van der Waals surface area contributed by atoms with Crippen LogP contribution in [0.5, 0.6) is 0 Å². The molecular formula is C24H24N6O2S. The SMILES string of the molecule is O=C(CSCC(=O)Nc1ccn(Cc2ccccc2)n1)Nc1ccn(Cc2ccccc2)n1. The van der Waals surface area contributed by atoms with E-state index >= 15 is 0 Å². The van der Waals surface area contributed by atoms with Crippen molar-refractivity contribution in [1.82, 2.24) is 19.6 Å². The van der Waals surface area contributed by atoms with Crippen molar-refractivity contribution in [3.05, 3.63) is 96.3 Å². The van der Waals surface area contributed by atoms with E-state index in [1.807, 2.05) is 73.1 Å². The lowest BCUT2D eigenvalue weighted by Gasteiger charge is -2.04. The van der Waals surface area contributed by atoms with Gasteiger partial charge in [-0.3, -0.25) is 19.0 Å².